The van der Waals surface area contributed by atoms with Gasteiger partial charge >= 0.3 is 0 Å². The van der Waals surface area contributed by atoms with E-state index in [1.165, 1.54) is 0 Å². The summed E-state index contributed by atoms with van der Waals surface area (Å²) in [5.74, 6) is 1.22. The number of hydrogen-bond acceptors (Lipinski definition) is 3. The fraction of sp³-hybridized carbons (Fsp3) is 0.556. The zero-order valence-electron chi connectivity index (χ0n) is 7.83. The van der Waals surface area contributed by atoms with Gasteiger partial charge in [0.15, 0.2) is 0 Å². The molecule has 3 nitrogen and oxygen atoms in total. The molecule has 0 bridgehead atoms. The number of nitrogens with zero attached hydrogens (tertiary/aromatic N) is 2. The highest BCUT2D eigenvalue weighted by molar-refractivity contribution is 5.24. The molecule has 0 aliphatic carbocycles. The molecule has 1 aromatic heterocycles. The molecule has 66 valence electrons. The highest BCUT2D eigenvalue weighted by atomic mass is 15.1. The molecule has 0 spiro atoms. The van der Waals surface area contributed by atoms with Crippen molar-refractivity contribution in [3.05, 3.63) is 18.0 Å². The second kappa shape index (κ2) is 4.04. The van der Waals surface area contributed by atoms with E-state index in [9.17, 15) is 0 Å². The van der Waals surface area contributed by atoms with Gasteiger partial charge in [0.05, 0.1) is 0 Å². The van der Waals surface area contributed by atoms with Crippen molar-refractivity contribution in [3.8, 4) is 0 Å². The van der Waals surface area contributed by atoms with E-state index in [0.29, 0.717) is 11.9 Å². The standard InChI is InChI=1S/C9H15N3/c1-4-7(2)8-5-6-11-9(10-3)12-8/h5-7H,4H2,1-3H3,(H,10,11,12). The van der Waals surface area contributed by atoms with E-state index >= 15 is 0 Å². The summed E-state index contributed by atoms with van der Waals surface area (Å²) in [5, 5.41) is 2.92. The van der Waals surface area contributed by atoms with Crippen LogP contribution in [0.4, 0.5) is 5.95 Å². The van der Waals surface area contributed by atoms with Crippen LogP contribution in [0.5, 0.6) is 0 Å². The largest absolute Gasteiger partial charge is 0.357 e. The van der Waals surface area contributed by atoms with Gasteiger partial charge in [-0.25, -0.2) is 9.97 Å². The lowest BCUT2D eigenvalue weighted by Gasteiger charge is -2.07. The van der Waals surface area contributed by atoms with Crippen molar-refractivity contribution in [1.29, 1.82) is 0 Å². The molecule has 0 saturated heterocycles. The number of hydrogen-bond donors (Lipinski definition) is 1. The van der Waals surface area contributed by atoms with Crippen LogP contribution in [0.15, 0.2) is 12.3 Å². The third-order valence-corrected chi connectivity index (χ3v) is 2.02. The van der Waals surface area contributed by atoms with Crippen molar-refractivity contribution in [2.75, 3.05) is 12.4 Å². The summed E-state index contributed by atoms with van der Waals surface area (Å²) in [7, 11) is 1.83. The lowest BCUT2D eigenvalue weighted by molar-refractivity contribution is 0.705. The Labute approximate surface area is 73.2 Å². The van der Waals surface area contributed by atoms with Crippen LogP contribution >= 0.6 is 0 Å². The SMILES string of the molecule is CCC(C)c1ccnc(NC)n1. The highest BCUT2D eigenvalue weighted by Crippen LogP contribution is 2.15. The van der Waals surface area contributed by atoms with E-state index in [2.05, 4.69) is 29.1 Å². The van der Waals surface area contributed by atoms with E-state index in [1.807, 2.05) is 13.1 Å². The van der Waals surface area contributed by atoms with Crippen molar-refractivity contribution < 1.29 is 0 Å². The fourth-order valence-electron chi connectivity index (χ4n) is 0.977. The molecule has 1 N–H and O–H groups in total. The Balaban J connectivity index is 2.86. The summed E-state index contributed by atoms with van der Waals surface area (Å²) >= 11 is 0. The molecule has 1 heterocycles. The first-order chi connectivity index (χ1) is 5.77. The summed E-state index contributed by atoms with van der Waals surface area (Å²) in [6, 6.07) is 1.97. The Morgan fingerprint density at radius 1 is 1.58 bits per heavy atom. The van der Waals surface area contributed by atoms with E-state index in [-0.39, 0.29) is 0 Å². The van der Waals surface area contributed by atoms with E-state index in [0.717, 1.165) is 12.1 Å². The van der Waals surface area contributed by atoms with E-state index in [1.54, 1.807) is 6.20 Å². The predicted molar refractivity (Wildman–Crippen MR) is 50.3 cm³/mol. The van der Waals surface area contributed by atoms with Gasteiger partial charge < -0.3 is 5.32 Å². The summed E-state index contributed by atoms with van der Waals surface area (Å²) < 4.78 is 0. The maximum atomic E-state index is 4.34. The number of anilines is 1. The summed E-state index contributed by atoms with van der Waals surface area (Å²) in [5.41, 5.74) is 1.11. The van der Waals surface area contributed by atoms with Gasteiger partial charge in [-0.15, -0.1) is 0 Å². The van der Waals surface area contributed by atoms with Crippen LogP contribution in [0, 0.1) is 0 Å². The molecule has 0 saturated carbocycles. The summed E-state index contributed by atoms with van der Waals surface area (Å²) in [6.07, 6.45) is 2.90. The van der Waals surface area contributed by atoms with Crippen LogP contribution in [-0.2, 0) is 0 Å². The maximum Gasteiger partial charge on any atom is 0.222 e. The van der Waals surface area contributed by atoms with Crippen molar-refractivity contribution in [3.63, 3.8) is 0 Å². The smallest absolute Gasteiger partial charge is 0.222 e. The Kier molecular flexibility index (Phi) is 3.02. The Hall–Kier alpha value is -1.12. The van der Waals surface area contributed by atoms with Gasteiger partial charge in [0, 0.05) is 18.9 Å². The first-order valence-electron chi connectivity index (χ1n) is 4.28. The molecule has 0 radical (unpaired) electrons. The molecule has 1 unspecified atom stereocenters. The number of nitrogens with one attached hydrogen (secondary N) is 1. The number of rotatable bonds is 3. The van der Waals surface area contributed by atoms with Gasteiger partial charge in [0.25, 0.3) is 0 Å². The highest BCUT2D eigenvalue weighted by Gasteiger charge is 2.04. The van der Waals surface area contributed by atoms with Crippen molar-refractivity contribution in [2.24, 2.45) is 0 Å². The first-order valence-corrected chi connectivity index (χ1v) is 4.28. The van der Waals surface area contributed by atoms with Crippen LogP contribution in [0.1, 0.15) is 31.9 Å². The van der Waals surface area contributed by atoms with E-state index < -0.39 is 0 Å². The zero-order chi connectivity index (χ0) is 8.97. The fourth-order valence-corrected chi connectivity index (χ4v) is 0.977. The van der Waals surface area contributed by atoms with Crippen LogP contribution in [0.25, 0.3) is 0 Å². The second-order valence-electron chi connectivity index (χ2n) is 2.86. The molecule has 1 aromatic rings. The van der Waals surface area contributed by atoms with Gasteiger partial charge in [-0.2, -0.15) is 0 Å². The molecule has 12 heavy (non-hydrogen) atoms. The van der Waals surface area contributed by atoms with Crippen molar-refractivity contribution in [2.45, 2.75) is 26.2 Å². The molecule has 0 fully saturated rings. The van der Waals surface area contributed by atoms with Crippen molar-refractivity contribution >= 4 is 5.95 Å². The monoisotopic (exact) mass is 165 g/mol. The number of aromatic nitrogens is 2. The Morgan fingerprint density at radius 2 is 2.33 bits per heavy atom. The van der Waals surface area contributed by atoms with Gasteiger partial charge in [-0.1, -0.05) is 13.8 Å². The normalized spacial score (nSPS) is 12.6. The third kappa shape index (κ3) is 1.94. The van der Waals surface area contributed by atoms with Gasteiger partial charge in [0.1, 0.15) is 0 Å². The van der Waals surface area contributed by atoms with Crippen LogP contribution in [-0.4, -0.2) is 17.0 Å². The summed E-state index contributed by atoms with van der Waals surface area (Å²) in [4.78, 5) is 8.39. The average Bonchev–Trinajstić information content (AvgIpc) is 2.17. The van der Waals surface area contributed by atoms with Crippen molar-refractivity contribution in [1.82, 2.24) is 9.97 Å². The predicted octanol–water partition coefficient (Wildman–Crippen LogP) is 2.03. The van der Waals surface area contributed by atoms with E-state index in [4.69, 9.17) is 0 Å². The first kappa shape index (κ1) is 8.97. The maximum absolute atomic E-state index is 4.34. The van der Waals surface area contributed by atoms with Crippen LogP contribution in [0.3, 0.4) is 0 Å². The molecule has 3 heteroatoms. The minimum absolute atomic E-state index is 0.514. The molecule has 1 atom stereocenters. The molecule has 0 aliphatic heterocycles. The molecule has 0 aliphatic rings. The lowest BCUT2D eigenvalue weighted by atomic mass is 10.1. The Bertz CT molecular complexity index is 247. The average molecular weight is 165 g/mol. The third-order valence-electron chi connectivity index (χ3n) is 2.02. The van der Waals surface area contributed by atoms with Crippen LogP contribution < -0.4 is 5.32 Å². The molecular weight excluding hydrogens is 150 g/mol. The topological polar surface area (TPSA) is 37.8 Å². The molecular formula is C9H15N3. The van der Waals surface area contributed by atoms with Gasteiger partial charge in [-0.05, 0) is 18.4 Å². The minimum atomic E-state index is 0.514. The molecule has 0 aromatic carbocycles. The molecule has 0 amide bonds. The Morgan fingerprint density at radius 3 is 2.92 bits per heavy atom. The van der Waals surface area contributed by atoms with Gasteiger partial charge in [0.2, 0.25) is 5.95 Å². The molecule has 1 rings (SSSR count). The van der Waals surface area contributed by atoms with Gasteiger partial charge in [-0.3, -0.25) is 0 Å². The second-order valence-corrected chi connectivity index (χ2v) is 2.86. The minimum Gasteiger partial charge on any atom is -0.357 e. The lowest BCUT2D eigenvalue weighted by Crippen LogP contribution is -2.01. The quantitative estimate of drug-likeness (QED) is 0.744. The zero-order valence-corrected chi connectivity index (χ0v) is 7.83. The summed E-state index contributed by atoms with van der Waals surface area (Å²) in [6.45, 7) is 4.33. The van der Waals surface area contributed by atoms with Crippen LogP contribution in [0.2, 0.25) is 0 Å².